The van der Waals surface area contributed by atoms with Gasteiger partial charge in [-0.1, -0.05) is 60.7 Å². The minimum Gasteiger partial charge on any atom is -0.309 e. The van der Waals surface area contributed by atoms with Gasteiger partial charge in [-0.3, -0.25) is 9.38 Å². The van der Waals surface area contributed by atoms with Crippen LogP contribution >= 0.6 is 0 Å². The molecular weight excluding hydrogens is 526 g/mol. The summed E-state index contributed by atoms with van der Waals surface area (Å²) in [5.74, 6) is 0. The van der Waals surface area contributed by atoms with Crippen LogP contribution in [0.25, 0.3) is 82.4 Å². The van der Waals surface area contributed by atoms with Gasteiger partial charge in [0.2, 0.25) is 0 Å². The number of fused-ring (bicyclic) bond motifs is 13. The predicted octanol–water partition coefficient (Wildman–Crippen LogP) is 9.23. The molecule has 0 fully saturated rings. The van der Waals surface area contributed by atoms with Gasteiger partial charge in [0, 0.05) is 62.3 Å². The van der Waals surface area contributed by atoms with E-state index in [1.54, 1.807) is 0 Å². The third-order valence-corrected chi connectivity index (χ3v) is 8.92. The molecule has 5 heteroatoms. The number of hydrogen-bond acceptors (Lipinski definition) is 2. The Morgan fingerprint density at radius 2 is 1.07 bits per heavy atom. The molecule has 5 aromatic heterocycles. The monoisotopic (exact) mass is 549 g/mol. The van der Waals surface area contributed by atoms with Crippen molar-refractivity contribution in [3.05, 3.63) is 140 Å². The van der Waals surface area contributed by atoms with Gasteiger partial charge in [-0.05, 0) is 60.7 Å². The first kappa shape index (κ1) is 22.7. The van der Waals surface area contributed by atoms with Gasteiger partial charge in [-0.15, -0.1) is 0 Å². The number of rotatable bonds is 2. The van der Waals surface area contributed by atoms with Crippen LogP contribution in [-0.4, -0.2) is 23.5 Å². The molecule has 200 valence electrons. The number of aromatic nitrogens is 5. The topological polar surface area (TPSA) is 40.1 Å². The molecule has 5 heterocycles. The van der Waals surface area contributed by atoms with Crippen LogP contribution in [0, 0.1) is 0 Å². The second-order valence-electron chi connectivity index (χ2n) is 11.1. The quantitative estimate of drug-likeness (QED) is 0.202. The second-order valence-corrected chi connectivity index (χ2v) is 11.1. The van der Waals surface area contributed by atoms with E-state index in [1.807, 2.05) is 24.7 Å². The third kappa shape index (κ3) is 2.95. The first-order valence-corrected chi connectivity index (χ1v) is 14.5. The molecule has 0 spiro atoms. The molecule has 0 aliphatic heterocycles. The zero-order valence-electron chi connectivity index (χ0n) is 23.0. The molecule has 0 aliphatic carbocycles. The molecule has 0 atom stereocenters. The lowest BCUT2D eigenvalue weighted by atomic mass is 10.0. The van der Waals surface area contributed by atoms with E-state index in [4.69, 9.17) is 9.97 Å². The van der Waals surface area contributed by atoms with Gasteiger partial charge in [0.05, 0.1) is 27.6 Å². The summed E-state index contributed by atoms with van der Waals surface area (Å²) in [4.78, 5) is 9.46. The van der Waals surface area contributed by atoms with Gasteiger partial charge in [0.15, 0.2) is 5.65 Å². The lowest BCUT2D eigenvalue weighted by Crippen LogP contribution is -1.96. The van der Waals surface area contributed by atoms with Crippen LogP contribution in [0.3, 0.4) is 0 Å². The highest BCUT2D eigenvalue weighted by Crippen LogP contribution is 2.44. The van der Waals surface area contributed by atoms with Crippen molar-refractivity contribution < 1.29 is 0 Å². The average Bonchev–Trinajstić information content (AvgIpc) is 3.78. The fourth-order valence-electron chi connectivity index (χ4n) is 7.20. The highest BCUT2D eigenvalue weighted by atomic mass is 15.0. The molecule has 0 saturated carbocycles. The first-order chi connectivity index (χ1) is 21.4. The Balaban J connectivity index is 1.49. The Labute approximate surface area is 245 Å². The summed E-state index contributed by atoms with van der Waals surface area (Å²) in [5, 5.41) is 7.26. The third-order valence-electron chi connectivity index (χ3n) is 8.92. The lowest BCUT2D eigenvalue weighted by molar-refractivity contribution is 1.17. The summed E-state index contributed by atoms with van der Waals surface area (Å²) in [6.45, 7) is 0. The van der Waals surface area contributed by atoms with Crippen LogP contribution < -0.4 is 0 Å². The number of imidazole rings is 1. The molecule has 5 aromatic carbocycles. The molecular formula is C38H23N5. The standard InChI is InChI=1S/C38H23N5/c1-3-10-24(11-4-1)42-30-16-8-7-14-27(30)35-31(42)17-18-32-36(35)29-22-28-26-15-9-19-39-37(26)38-40-20-21-41(38)33(28)23-34(29)43(32)25-12-5-2-6-13-25/h1-23H. The van der Waals surface area contributed by atoms with Crippen LogP contribution in [0.15, 0.2) is 140 Å². The molecule has 0 saturated heterocycles. The smallest absolute Gasteiger partial charge is 0.163 e. The van der Waals surface area contributed by atoms with E-state index >= 15 is 0 Å². The molecule has 0 bridgehead atoms. The van der Waals surface area contributed by atoms with E-state index in [0.29, 0.717) is 0 Å². The van der Waals surface area contributed by atoms with Crippen molar-refractivity contribution in [3.63, 3.8) is 0 Å². The normalized spacial score (nSPS) is 12.2. The predicted molar refractivity (Wildman–Crippen MR) is 177 cm³/mol. The summed E-state index contributed by atoms with van der Waals surface area (Å²) in [7, 11) is 0. The molecule has 0 unspecified atom stereocenters. The van der Waals surface area contributed by atoms with Gasteiger partial charge in [0.25, 0.3) is 0 Å². The Hall–Kier alpha value is -5.94. The maximum Gasteiger partial charge on any atom is 0.163 e. The molecule has 0 N–H and O–H groups in total. The van der Waals surface area contributed by atoms with E-state index < -0.39 is 0 Å². The lowest BCUT2D eigenvalue weighted by Gasteiger charge is -2.10. The average molecular weight is 550 g/mol. The zero-order valence-corrected chi connectivity index (χ0v) is 23.0. The highest BCUT2D eigenvalue weighted by molar-refractivity contribution is 6.30. The minimum absolute atomic E-state index is 0.873. The Kier molecular flexibility index (Phi) is 4.39. The molecule has 0 aliphatic rings. The number of para-hydroxylation sites is 3. The Bertz CT molecular complexity index is 2710. The molecule has 0 radical (unpaired) electrons. The van der Waals surface area contributed by atoms with Crippen molar-refractivity contribution in [1.29, 1.82) is 0 Å². The second kappa shape index (κ2) is 8.30. The van der Waals surface area contributed by atoms with E-state index in [1.165, 1.54) is 38.1 Å². The molecule has 10 rings (SSSR count). The largest absolute Gasteiger partial charge is 0.309 e. The maximum atomic E-state index is 4.76. The van der Waals surface area contributed by atoms with Crippen LogP contribution in [0.2, 0.25) is 0 Å². The number of nitrogens with zero attached hydrogens (tertiary/aromatic N) is 5. The molecule has 43 heavy (non-hydrogen) atoms. The number of pyridine rings is 2. The summed E-state index contributed by atoms with van der Waals surface area (Å²) < 4.78 is 6.98. The number of hydrogen-bond donors (Lipinski definition) is 0. The van der Waals surface area contributed by atoms with Gasteiger partial charge < -0.3 is 9.13 Å². The molecule has 10 aromatic rings. The summed E-state index contributed by atoms with van der Waals surface area (Å²) in [5.41, 5.74) is 9.94. The fourth-order valence-corrected chi connectivity index (χ4v) is 7.20. The zero-order chi connectivity index (χ0) is 28.1. The Morgan fingerprint density at radius 3 is 1.84 bits per heavy atom. The van der Waals surface area contributed by atoms with Crippen molar-refractivity contribution in [2.45, 2.75) is 0 Å². The summed E-state index contributed by atoms with van der Waals surface area (Å²) in [6, 6.07) is 43.6. The van der Waals surface area contributed by atoms with Crippen molar-refractivity contribution in [2.24, 2.45) is 0 Å². The van der Waals surface area contributed by atoms with Crippen LogP contribution in [-0.2, 0) is 0 Å². The van der Waals surface area contributed by atoms with Gasteiger partial charge in [-0.2, -0.15) is 0 Å². The van der Waals surface area contributed by atoms with Crippen LogP contribution in [0.1, 0.15) is 0 Å². The maximum absolute atomic E-state index is 4.76. The van der Waals surface area contributed by atoms with E-state index in [0.717, 1.165) is 44.3 Å². The van der Waals surface area contributed by atoms with Gasteiger partial charge >= 0.3 is 0 Å². The number of benzene rings is 5. The minimum atomic E-state index is 0.873. The van der Waals surface area contributed by atoms with E-state index in [9.17, 15) is 0 Å². The summed E-state index contributed by atoms with van der Waals surface area (Å²) >= 11 is 0. The van der Waals surface area contributed by atoms with Crippen molar-refractivity contribution in [3.8, 4) is 11.4 Å². The van der Waals surface area contributed by atoms with Gasteiger partial charge in [0.1, 0.15) is 5.52 Å². The van der Waals surface area contributed by atoms with Crippen LogP contribution in [0.4, 0.5) is 0 Å². The summed E-state index contributed by atoms with van der Waals surface area (Å²) in [6.07, 6.45) is 5.76. The highest BCUT2D eigenvalue weighted by Gasteiger charge is 2.22. The van der Waals surface area contributed by atoms with E-state index in [2.05, 4.69) is 129 Å². The van der Waals surface area contributed by atoms with Crippen molar-refractivity contribution >= 4 is 71.1 Å². The van der Waals surface area contributed by atoms with Crippen molar-refractivity contribution in [1.82, 2.24) is 23.5 Å². The first-order valence-electron chi connectivity index (χ1n) is 14.5. The molecule has 0 amide bonds. The van der Waals surface area contributed by atoms with E-state index in [-0.39, 0.29) is 0 Å². The van der Waals surface area contributed by atoms with Crippen molar-refractivity contribution in [2.75, 3.05) is 0 Å². The fraction of sp³-hybridized carbons (Fsp3) is 0. The van der Waals surface area contributed by atoms with Crippen LogP contribution in [0.5, 0.6) is 0 Å². The Morgan fingerprint density at radius 1 is 0.419 bits per heavy atom. The SMILES string of the molecule is c1ccc(-n2c3ccccc3c3c4c5cc6c7cccnc7c7nccn7c6cc5n(-c5ccccc5)c4ccc32)cc1. The van der Waals surface area contributed by atoms with Gasteiger partial charge in [-0.25, -0.2) is 4.98 Å². The molecule has 5 nitrogen and oxygen atoms in total.